The molecule has 2 rings (SSSR count). The van der Waals surface area contributed by atoms with Gasteiger partial charge in [0.15, 0.2) is 0 Å². The minimum atomic E-state index is 0.418. The summed E-state index contributed by atoms with van der Waals surface area (Å²) in [6, 6.07) is 2.62. The maximum Gasteiger partial charge on any atom is 0.0596 e. The lowest BCUT2D eigenvalue weighted by Crippen LogP contribution is -2.22. The maximum absolute atomic E-state index is 6.10. The third-order valence-corrected chi connectivity index (χ3v) is 3.67. The second-order valence-corrected chi connectivity index (χ2v) is 5.25. The Morgan fingerprint density at radius 2 is 2.19 bits per heavy atom. The first kappa shape index (κ1) is 11.6. The lowest BCUT2D eigenvalue weighted by atomic mass is 9.93. The third kappa shape index (κ3) is 2.85. The van der Waals surface area contributed by atoms with Crippen LogP contribution in [0.4, 0.5) is 0 Å². The predicted molar refractivity (Wildman–Crippen MR) is 66.2 cm³/mol. The molecule has 0 aromatic carbocycles. The maximum atomic E-state index is 6.10. The molecule has 2 atom stereocenters. The fourth-order valence-electron chi connectivity index (χ4n) is 2.84. The molecule has 1 fully saturated rings. The topological polar surface area (TPSA) is 43.8 Å². The summed E-state index contributed by atoms with van der Waals surface area (Å²) in [4.78, 5) is 0. The van der Waals surface area contributed by atoms with Gasteiger partial charge in [-0.3, -0.25) is 4.68 Å². The number of hydrogen-bond donors (Lipinski definition) is 1. The van der Waals surface area contributed by atoms with E-state index in [-0.39, 0.29) is 0 Å². The van der Waals surface area contributed by atoms with Crippen molar-refractivity contribution in [3.05, 3.63) is 17.5 Å². The van der Waals surface area contributed by atoms with Crippen molar-refractivity contribution < 1.29 is 0 Å². The van der Waals surface area contributed by atoms with Gasteiger partial charge in [-0.25, -0.2) is 0 Å². The molecule has 0 bridgehead atoms. The minimum absolute atomic E-state index is 0.418. The van der Waals surface area contributed by atoms with Gasteiger partial charge in [-0.2, -0.15) is 5.10 Å². The van der Waals surface area contributed by atoms with Crippen LogP contribution in [0.2, 0.25) is 0 Å². The van der Waals surface area contributed by atoms with E-state index in [9.17, 15) is 0 Å². The number of nitrogens with zero attached hydrogens (tertiary/aromatic N) is 2. The third-order valence-electron chi connectivity index (χ3n) is 3.67. The Kier molecular flexibility index (Phi) is 3.64. The highest BCUT2D eigenvalue weighted by Crippen LogP contribution is 2.25. The molecule has 0 radical (unpaired) electrons. The molecule has 2 unspecified atom stereocenters. The van der Waals surface area contributed by atoms with Crippen LogP contribution in [0.15, 0.2) is 6.07 Å². The van der Waals surface area contributed by atoms with E-state index in [1.54, 1.807) is 0 Å². The van der Waals surface area contributed by atoms with Crippen molar-refractivity contribution in [2.75, 3.05) is 0 Å². The second-order valence-electron chi connectivity index (χ2n) is 5.25. The van der Waals surface area contributed by atoms with Crippen LogP contribution in [0.1, 0.15) is 43.5 Å². The van der Waals surface area contributed by atoms with Gasteiger partial charge in [0.05, 0.1) is 5.69 Å². The van der Waals surface area contributed by atoms with Crippen molar-refractivity contribution in [2.24, 2.45) is 18.7 Å². The number of aryl methyl sites for hydroxylation is 2. The van der Waals surface area contributed by atoms with Crippen molar-refractivity contribution in [1.29, 1.82) is 0 Å². The van der Waals surface area contributed by atoms with Gasteiger partial charge in [0.25, 0.3) is 0 Å². The van der Waals surface area contributed by atoms with Crippen molar-refractivity contribution in [3.63, 3.8) is 0 Å². The molecule has 1 aliphatic rings. The summed E-state index contributed by atoms with van der Waals surface area (Å²) in [7, 11) is 2.04. The molecule has 3 heteroatoms. The molecule has 1 heterocycles. The van der Waals surface area contributed by atoms with Gasteiger partial charge in [-0.15, -0.1) is 0 Å². The quantitative estimate of drug-likeness (QED) is 0.778. The molecule has 0 amide bonds. The Balaban J connectivity index is 2.00. The van der Waals surface area contributed by atoms with Crippen molar-refractivity contribution in [3.8, 4) is 0 Å². The Hall–Kier alpha value is -0.830. The summed E-state index contributed by atoms with van der Waals surface area (Å²) in [6.45, 7) is 2.06. The van der Waals surface area contributed by atoms with Gasteiger partial charge in [0, 0.05) is 18.8 Å². The van der Waals surface area contributed by atoms with Crippen molar-refractivity contribution >= 4 is 0 Å². The Bertz CT molecular complexity index is 343. The zero-order chi connectivity index (χ0) is 11.5. The van der Waals surface area contributed by atoms with Gasteiger partial charge in [-0.05, 0) is 38.2 Å². The van der Waals surface area contributed by atoms with Crippen LogP contribution in [0.3, 0.4) is 0 Å². The summed E-state index contributed by atoms with van der Waals surface area (Å²) in [5.41, 5.74) is 8.58. The summed E-state index contributed by atoms with van der Waals surface area (Å²) < 4.78 is 2.02. The number of nitrogens with two attached hydrogens (primary N) is 1. The second kappa shape index (κ2) is 5.00. The Morgan fingerprint density at radius 3 is 2.88 bits per heavy atom. The van der Waals surface area contributed by atoms with Crippen molar-refractivity contribution in [2.45, 2.75) is 51.5 Å². The van der Waals surface area contributed by atoms with E-state index < -0.39 is 0 Å². The van der Waals surface area contributed by atoms with E-state index >= 15 is 0 Å². The van der Waals surface area contributed by atoms with Crippen LogP contribution in [0, 0.1) is 12.8 Å². The summed E-state index contributed by atoms with van der Waals surface area (Å²) in [5.74, 6) is 0.757. The average Bonchev–Trinajstić information content (AvgIpc) is 2.42. The van der Waals surface area contributed by atoms with E-state index in [0.29, 0.717) is 6.04 Å². The van der Waals surface area contributed by atoms with Crippen LogP contribution in [0.5, 0.6) is 0 Å². The fraction of sp³-hybridized carbons (Fsp3) is 0.769. The first-order valence-corrected chi connectivity index (χ1v) is 6.40. The first-order valence-electron chi connectivity index (χ1n) is 6.40. The first-order chi connectivity index (χ1) is 7.65. The summed E-state index contributed by atoms with van der Waals surface area (Å²) in [6.07, 6.45) is 7.52. The molecule has 3 nitrogen and oxygen atoms in total. The predicted octanol–water partition coefficient (Wildman–Crippen LogP) is 2.18. The normalized spacial score (nSPS) is 26.7. The zero-order valence-corrected chi connectivity index (χ0v) is 10.4. The number of aromatic nitrogens is 2. The molecule has 1 aromatic rings. The summed E-state index contributed by atoms with van der Waals surface area (Å²) in [5, 5.41) is 4.40. The van der Waals surface area contributed by atoms with Crippen LogP contribution < -0.4 is 5.73 Å². The van der Waals surface area contributed by atoms with Gasteiger partial charge >= 0.3 is 0 Å². The molecule has 1 aromatic heterocycles. The van der Waals surface area contributed by atoms with E-state index in [2.05, 4.69) is 18.1 Å². The smallest absolute Gasteiger partial charge is 0.0596 e. The molecule has 0 saturated heterocycles. The standard InChI is InChI=1S/C13H23N3/c1-10-7-13(16(2)15-10)9-11-5-3-4-6-12(14)8-11/h7,11-12H,3-6,8-9,14H2,1-2H3. The van der Waals surface area contributed by atoms with Crippen LogP contribution in [0.25, 0.3) is 0 Å². The molecule has 0 spiro atoms. The van der Waals surface area contributed by atoms with Gasteiger partial charge in [0.1, 0.15) is 0 Å². The highest BCUT2D eigenvalue weighted by molar-refractivity contribution is 5.09. The monoisotopic (exact) mass is 221 g/mol. The average molecular weight is 221 g/mol. The highest BCUT2D eigenvalue weighted by Gasteiger charge is 2.19. The number of hydrogen-bond acceptors (Lipinski definition) is 2. The lowest BCUT2D eigenvalue weighted by Gasteiger charge is -2.16. The molecular weight excluding hydrogens is 198 g/mol. The Morgan fingerprint density at radius 1 is 1.44 bits per heavy atom. The SMILES string of the molecule is Cc1cc(CC2CCCCC(N)C2)n(C)n1. The lowest BCUT2D eigenvalue weighted by molar-refractivity contribution is 0.420. The summed E-state index contributed by atoms with van der Waals surface area (Å²) >= 11 is 0. The van der Waals surface area contributed by atoms with Gasteiger partial charge < -0.3 is 5.73 Å². The van der Waals surface area contributed by atoms with E-state index in [4.69, 9.17) is 5.73 Å². The molecule has 0 aliphatic heterocycles. The minimum Gasteiger partial charge on any atom is -0.328 e. The fourth-order valence-corrected chi connectivity index (χ4v) is 2.84. The van der Waals surface area contributed by atoms with E-state index in [1.165, 1.54) is 37.8 Å². The highest BCUT2D eigenvalue weighted by atomic mass is 15.3. The van der Waals surface area contributed by atoms with E-state index in [0.717, 1.165) is 18.0 Å². The van der Waals surface area contributed by atoms with Crippen LogP contribution in [-0.2, 0) is 13.5 Å². The van der Waals surface area contributed by atoms with E-state index in [1.807, 2.05) is 11.7 Å². The molecule has 90 valence electrons. The van der Waals surface area contributed by atoms with Crippen molar-refractivity contribution in [1.82, 2.24) is 9.78 Å². The molecule has 1 aliphatic carbocycles. The molecule has 16 heavy (non-hydrogen) atoms. The van der Waals surface area contributed by atoms with Crippen LogP contribution in [-0.4, -0.2) is 15.8 Å². The zero-order valence-electron chi connectivity index (χ0n) is 10.4. The molecular formula is C13H23N3. The van der Waals surface area contributed by atoms with Crippen LogP contribution >= 0.6 is 0 Å². The number of rotatable bonds is 2. The molecule has 1 saturated carbocycles. The largest absolute Gasteiger partial charge is 0.328 e. The molecule has 2 N–H and O–H groups in total. The van der Waals surface area contributed by atoms with Gasteiger partial charge in [0.2, 0.25) is 0 Å². The Labute approximate surface area is 98.0 Å². The van der Waals surface area contributed by atoms with Gasteiger partial charge in [-0.1, -0.05) is 19.3 Å².